The number of nitrogens with zero attached hydrogens (tertiary/aromatic N) is 2. The summed E-state index contributed by atoms with van der Waals surface area (Å²) in [7, 11) is 11.2. The number of hydrogen-bond acceptors (Lipinski definition) is 2. The first-order valence-electron chi connectivity index (χ1n) is 18.5. The molecule has 0 amide bonds. The number of amidine groups is 2. The van der Waals surface area contributed by atoms with Gasteiger partial charge in [0, 0.05) is 21.9 Å². The highest BCUT2D eigenvalue weighted by Crippen LogP contribution is 2.39. The van der Waals surface area contributed by atoms with E-state index in [1.165, 1.54) is 49.6 Å². The maximum atomic E-state index is 6.49. The van der Waals surface area contributed by atoms with Crippen molar-refractivity contribution in [3.05, 3.63) is 162 Å². The lowest BCUT2D eigenvalue weighted by Crippen LogP contribution is -2.55. The van der Waals surface area contributed by atoms with Crippen molar-refractivity contribution >= 4 is 100 Å². The minimum Gasteiger partial charge on any atom is -0.456 e. The summed E-state index contributed by atoms with van der Waals surface area (Å²) >= 11 is 0. The van der Waals surface area contributed by atoms with E-state index in [0.29, 0.717) is 18.2 Å². The molecule has 0 aliphatic carbocycles. The molecule has 0 aliphatic heterocycles. The monoisotopic (exact) mass is 691 g/mol. The molecule has 2 N–H and O–H groups in total. The smallest absolute Gasteiger partial charge is 0.157 e. The van der Waals surface area contributed by atoms with Gasteiger partial charge in [-0.25, -0.2) is 4.99 Å². The Bertz CT molecular complexity index is 2700. The summed E-state index contributed by atoms with van der Waals surface area (Å²) in [4.78, 5) is 9.89. The highest BCUT2D eigenvalue weighted by atomic mass is 16.3. The molecule has 0 saturated heterocycles. The molecule has 9 heteroatoms. The lowest BCUT2D eigenvalue weighted by atomic mass is 9.59. The number of furan rings is 1. The van der Waals surface area contributed by atoms with Gasteiger partial charge in [-0.15, -0.1) is 16.4 Å². The second-order valence-electron chi connectivity index (χ2n) is 14.1. The van der Waals surface area contributed by atoms with Gasteiger partial charge < -0.3 is 10.2 Å². The van der Waals surface area contributed by atoms with Crippen LogP contribution in [0.3, 0.4) is 0 Å². The van der Waals surface area contributed by atoms with Gasteiger partial charge in [0.25, 0.3) is 0 Å². The number of aliphatic imine (C=N–C) groups is 2. The molecular formula is C45H38B5N3O. The predicted octanol–water partition coefficient (Wildman–Crippen LogP) is 2.23. The summed E-state index contributed by atoms with van der Waals surface area (Å²) in [5.41, 5.74) is 25.1. The molecule has 1 aromatic heterocycles. The normalized spacial score (nSPS) is 12.1. The third kappa shape index (κ3) is 6.51. The van der Waals surface area contributed by atoms with Crippen molar-refractivity contribution in [2.24, 2.45) is 15.7 Å². The molecule has 54 heavy (non-hydrogen) atoms. The summed E-state index contributed by atoms with van der Waals surface area (Å²) in [6.07, 6.45) is 0. The Kier molecular flexibility index (Phi) is 9.47. The van der Waals surface area contributed by atoms with Crippen molar-refractivity contribution in [3.8, 4) is 33.4 Å². The molecule has 7 aromatic carbocycles. The van der Waals surface area contributed by atoms with Crippen LogP contribution in [-0.4, -0.2) is 50.9 Å². The van der Waals surface area contributed by atoms with Crippen LogP contribution in [0.15, 0.2) is 160 Å². The van der Waals surface area contributed by atoms with E-state index in [1.54, 1.807) is 0 Å². The van der Waals surface area contributed by atoms with Gasteiger partial charge in [-0.3, -0.25) is 4.99 Å². The first-order chi connectivity index (χ1) is 26.3. The van der Waals surface area contributed by atoms with Gasteiger partial charge in [0.2, 0.25) is 0 Å². The van der Waals surface area contributed by atoms with Gasteiger partial charge in [-0.05, 0) is 51.1 Å². The van der Waals surface area contributed by atoms with Crippen LogP contribution >= 0.6 is 0 Å². The van der Waals surface area contributed by atoms with Crippen LogP contribution in [0.2, 0.25) is 0 Å². The minimum absolute atomic E-state index is 0.409. The quantitative estimate of drug-likeness (QED) is 0.159. The Morgan fingerprint density at radius 3 is 1.59 bits per heavy atom. The topological polar surface area (TPSA) is 63.9 Å². The second-order valence-corrected chi connectivity index (χ2v) is 14.1. The van der Waals surface area contributed by atoms with Crippen molar-refractivity contribution < 1.29 is 4.42 Å². The summed E-state index contributed by atoms with van der Waals surface area (Å²) in [5, 5.41) is 2.14. The van der Waals surface area contributed by atoms with E-state index < -0.39 is 0 Å². The average molecular weight is 691 g/mol. The van der Waals surface area contributed by atoms with Gasteiger partial charge in [0.1, 0.15) is 56.2 Å². The fraction of sp³-hybridized carbons (Fsp3) is 0.0222. The van der Waals surface area contributed by atoms with E-state index in [-0.39, 0.29) is 0 Å². The van der Waals surface area contributed by atoms with Crippen molar-refractivity contribution in [1.29, 1.82) is 0 Å². The Hall–Kier alpha value is -6.20. The number of hydrogen-bond donors (Lipinski definition) is 1. The van der Waals surface area contributed by atoms with Gasteiger partial charge in [-0.1, -0.05) is 144 Å². The maximum Gasteiger partial charge on any atom is 0.157 e. The number of rotatable bonds is 7. The van der Waals surface area contributed by atoms with Crippen molar-refractivity contribution in [2.45, 2.75) is 6.54 Å². The Balaban J connectivity index is 1.14. The van der Waals surface area contributed by atoms with E-state index in [1.807, 2.05) is 78.9 Å². The SMILES string of the molecule is Bc1c(B)c(B)c(-c2ccc(-c3ccc(-c4cccc5oc6cccc(C/N=C(\N=C(/N)c7ccccc7)c7ccccc7)c6c45)cc3)cc2)c(B)c1B. The lowest BCUT2D eigenvalue weighted by Gasteiger charge is -2.20. The van der Waals surface area contributed by atoms with E-state index in [4.69, 9.17) is 20.1 Å². The third-order valence-corrected chi connectivity index (χ3v) is 11.0. The molecule has 1 heterocycles. The third-order valence-electron chi connectivity index (χ3n) is 11.0. The van der Waals surface area contributed by atoms with Crippen LogP contribution in [0.5, 0.6) is 0 Å². The molecule has 8 aromatic rings. The highest BCUT2D eigenvalue weighted by molar-refractivity contribution is 6.68. The summed E-state index contributed by atoms with van der Waals surface area (Å²) in [5.74, 6) is 1.01. The second kappa shape index (κ2) is 14.7. The van der Waals surface area contributed by atoms with E-state index in [9.17, 15) is 0 Å². The summed E-state index contributed by atoms with van der Waals surface area (Å²) < 4.78 is 6.45. The molecule has 0 fully saturated rings. The highest BCUT2D eigenvalue weighted by Gasteiger charge is 2.17. The molecule has 0 aliphatic rings. The maximum absolute atomic E-state index is 6.49. The molecule has 0 atom stereocenters. The van der Waals surface area contributed by atoms with Crippen LogP contribution < -0.4 is 33.0 Å². The molecule has 0 spiro atoms. The zero-order chi connectivity index (χ0) is 37.3. The van der Waals surface area contributed by atoms with E-state index >= 15 is 0 Å². The molecule has 4 nitrogen and oxygen atoms in total. The van der Waals surface area contributed by atoms with Crippen LogP contribution in [0, 0.1) is 0 Å². The molecule has 0 bridgehead atoms. The zero-order valence-electron chi connectivity index (χ0n) is 31.4. The van der Waals surface area contributed by atoms with Gasteiger partial charge in [0.05, 0.1) is 6.54 Å². The first kappa shape index (κ1) is 34.9. The summed E-state index contributed by atoms with van der Waals surface area (Å²) in [6, 6.07) is 50.1. The molecule has 0 saturated carbocycles. The average Bonchev–Trinajstić information content (AvgIpc) is 3.62. The number of nitrogens with two attached hydrogens (primary N) is 1. The fourth-order valence-corrected chi connectivity index (χ4v) is 7.64. The fourth-order valence-electron chi connectivity index (χ4n) is 7.64. The number of fused-ring (bicyclic) bond motifs is 3. The van der Waals surface area contributed by atoms with Crippen LogP contribution in [-0.2, 0) is 6.54 Å². The molecule has 0 radical (unpaired) electrons. The molecule has 254 valence electrons. The molecule has 0 unspecified atom stereocenters. The van der Waals surface area contributed by atoms with E-state index in [2.05, 4.69) is 106 Å². The van der Waals surface area contributed by atoms with Gasteiger partial charge in [0.15, 0.2) is 5.84 Å². The van der Waals surface area contributed by atoms with Crippen molar-refractivity contribution in [1.82, 2.24) is 0 Å². The lowest BCUT2D eigenvalue weighted by molar-refractivity contribution is 0.668. The van der Waals surface area contributed by atoms with E-state index in [0.717, 1.165) is 49.8 Å². The van der Waals surface area contributed by atoms with Gasteiger partial charge >= 0.3 is 0 Å². The number of benzene rings is 7. The Labute approximate surface area is 321 Å². The minimum atomic E-state index is 0.409. The Morgan fingerprint density at radius 1 is 0.481 bits per heavy atom. The largest absolute Gasteiger partial charge is 0.456 e. The van der Waals surface area contributed by atoms with Crippen molar-refractivity contribution in [3.63, 3.8) is 0 Å². The Morgan fingerprint density at radius 2 is 0.981 bits per heavy atom. The predicted molar refractivity (Wildman–Crippen MR) is 245 cm³/mol. The van der Waals surface area contributed by atoms with Crippen LogP contribution in [0.1, 0.15) is 16.7 Å². The van der Waals surface area contributed by atoms with Crippen molar-refractivity contribution in [2.75, 3.05) is 0 Å². The van der Waals surface area contributed by atoms with Crippen LogP contribution in [0.25, 0.3) is 55.3 Å². The van der Waals surface area contributed by atoms with Crippen LogP contribution in [0.4, 0.5) is 0 Å². The standard InChI is InChI=1S/C45H38B5N3O/c46-39-37(40(47)42(49)43(50)41(39)48)29-23-19-27(20-24-29)26-17-21-28(22-18-26)33-14-8-16-35-38(33)36-32(13-7-15-34(36)54-35)25-52-45(31-11-5-2-6-12-31)53-44(51)30-9-3-1-4-10-30/h1-24H,25,46-50H2,(H2,51,52,53). The van der Waals surface area contributed by atoms with Gasteiger partial charge in [-0.2, -0.15) is 0 Å². The zero-order valence-corrected chi connectivity index (χ0v) is 31.4. The summed E-state index contributed by atoms with van der Waals surface area (Å²) in [6.45, 7) is 0.409. The molecular weight excluding hydrogens is 653 g/mol. The first-order valence-corrected chi connectivity index (χ1v) is 18.5. The molecule has 8 rings (SSSR count).